The molecule has 3 aromatic rings. The Morgan fingerprint density at radius 1 is 1.00 bits per heavy atom. The summed E-state index contributed by atoms with van der Waals surface area (Å²) >= 11 is 0. The average Bonchev–Trinajstić information content (AvgIpc) is 3.10. The van der Waals surface area contributed by atoms with Gasteiger partial charge in [-0.05, 0) is 94.7 Å². The quantitative estimate of drug-likeness (QED) is 0.504. The van der Waals surface area contributed by atoms with Crippen molar-refractivity contribution in [1.29, 1.82) is 5.41 Å². The average molecular weight is 414 g/mol. The second-order valence-corrected chi connectivity index (χ2v) is 8.89. The van der Waals surface area contributed by atoms with Gasteiger partial charge >= 0.3 is 0 Å². The smallest absolute Gasteiger partial charge is 0.202 e. The number of allylic oxidation sites excluding steroid dienone is 1. The minimum absolute atomic E-state index is 0.519. The minimum Gasteiger partial charge on any atom is -0.321 e. The van der Waals surface area contributed by atoms with E-state index < -0.39 is 0 Å². The lowest BCUT2D eigenvalue weighted by atomic mass is 9.75. The third kappa shape index (κ3) is 3.94. The lowest BCUT2D eigenvalue weighted by molar-refractivity contribution is 0.573. The number of fused-ring (bicyclic) bond motifs is 1. The van der Waals surface area contributed by atoms with Crippen LogP contribution in [-0.2, 0) is 32.9 Å². The van der Waals surface area contributed by atoms with Gasteiger partial charge in [0.15, 0.2) is 0 Å². The predicted octanol–water partition coefficient (Wildman–Crippen LogP) is 6.13. The van der Waals surface area contributed by atoms with Crippen molar-refractivity contribution in [2.24, 2.45) is 13.0 Å². The monoisotopic (exact) mass is 413 g/mol. The summed E-state index contributed by atoms with van der Waals surface area (Å²) in [6.45, 7) is 12.0. The van der Waals surface area contributed by atoms with Crippen molar-refractivity contribution in [3.8, 4) is 11.1 Å². The van der Waals surface area contributed by atoms with E-state index in [4.69, 9.17) is 5.41 Å². The molecular formula is C28H35N3. The summed E-state index contributed by atoms with van der Waals surface area (Å²) in [6.07, 6.45) is 9.53. The lowest BCUT2D eigenvalue weighted by Crippen LogP contribution is -2.23. The largest absolute Gasteiger partial charge is 0.321 e. The summed E-state index contributed by atoms with van der Waals surface area (Å²) < 4.78 is 3.86. The molecule has 0 saturated carbocycles. The van der Waals surface area contributed by atoms with Crippen molar-refractivity contribution >= 4 is 5.57 Å². The number of rotatable bonds is 6. The first kappa shape index (κ1) is 21.4. The van der Waals surface area contributed by atoms with Crippen LogP contribution in [0, 0.1) is 11.3 Å². The highest BCUT2D eigenvalue weighted by Crippen LogP contribution is 2.41. The molecule has 1 heterocycles. The van der Waals surface area contributed by atoms with Gasteiger partial charge in [-0.2, -0.15) is 0 Å². The molecule has 1 N–H and O–H groups in total. The molecule has 0 aliphatic heterocycles. The Bertz CT molecular complexity index is 1180. The summed E-state index contributed by atoms with van der Waals surface area (Å²) in [7, 11) is 1.92. The molecule has 1 atom stereocenters. The van der Waals surface area contributed by atoms with Crippen molar-refractivity contribution in [2.45, 2.75) is 59.4 Å². The van der Waals surface area contributed by atoms with Gasteiger partial charge in [0.1, 0.15) is 0 Å². The molecule has 4 rings (SSSR count). The highest BCUT2D eigenvalue weighted by atomic mass is 15.1. The van der Waals surface area contributed by atoms with Gasteiger partial charge in [0, 0.05) is 19.4 Å². The molecule has 1 aromatic heterocycles. The van der Waals surface area contributed by atoms with Gasteiger partial charge in [-0.15, -0.1) is 0 Å². The summed E-state index contributed by atoms with van der Waals surface area (Å²) in [6, 6.07) is 11.7. The third-order valence-corrected chi connectivity index (χ3v) is 7.09. The SMILES string of the molecule is C=C1c2cc(Cn3ccn(C)c3=N)cc(-c3ccc(CC)c(CC)c3)c2CCC1CC. The Kier molecular flexibility index (Phi) is 6.04. The molecule has 0 radical (unpaired) electrons. The van der Waals surface area contributed by atoms with Crippen LogP contribution in [-0.4, -0.2) is 9.13 Å². The third-order valence-electron chi connectivity index (χ3n) is 7.09. The predicted molar refractivity (Wildman–Crippen MR) is 130 cm³/mol. The fraction of sp³-hybridized carbons (Fsp3) is 0.393. The number of aromatic nitrogens is 2. The van der Waals surface area contributed by atoms with E-state index in [1.54, 1.807) is 0 Å². The topological polar surface area (TPSA) is 33.7 Å². The molecule has 0 saturated heterocycles. The second kappa shape index (κ2) is 8.74. The van der Waals surface area contributed by atoms with Crippen molar-refractivity contribution < 1.29 is 0 Å². The normalized spacial score (nSPS) is 15.9. The van der Waals surface area contributed by atoms with Crippen molar-refractivity contribution in [1.82, 2.24) is 9.13 Å². The standard InChI is InChI=1S/C28H35N3/c1-6-21-11-12-25-26(19(21)4)15-20(18-31-14-13-30(5)28(31)29)16-27(25)24-10-9-22(7-2)23(8-3)17-24/h9-10,13-17,21,29H,4,6-8,11-12,18H2,1-3,5H3. The zero-order valence-electron chi connectivity index (χ0n) is 19.5. The van der Waals surface area contributed by atoms with Crippen LogP contribution >= 0.6 is 0 Å². The van der Waals surface area contributed by atoms with Gasteiger partial charge in [0.05, 0.1) is 6.54 Å². The summed E-state index contributed by atoms with van der Waals surface area (Å²) in [4.78, 5) is 0. The van der Waals surface area contributed by atoms with Crippen LogP contribution < -0.4 is 5.62 Å². The van der Waals surface area contributed by atoms with Crippen molar-refractivity contribution in [2.75, 3.05) is 0 Å². The molecule has 0 amide bonds. The van der Waals surface area contributed by atoms with E-state index in [9.17, 15) is 0 Å². The molecule has 1 unspecified atom stereocenters. The molecule has 31 heavy (non-hydrogen) atoms. The van der Waals surface area contributed by atoms with Crippen LogP contribution in [0.2, 0.25) is 0 Å². The van der Waals surface area contributed by atoms with E-state index in [0.717, 1.165) is 25.7 Å². The Hall–Kier alpha value is -2.81. The fourth-order valence-corrected chi connectivity index (χ4v) is 5.12. The molecule has 3 nitrogen and oxygen atoms in total. The number of hydrogen-bond donors (Lipinski definition) is 1. The zero-order chi connectivity index (χ0) is 22.1. The van der Waals surface area contributed by atoms with Gasteiger partial charge in [-0.3, -0.25) is 5.41 Å². The number of imidazole rings is 1. The first-order valence-corrected chi connectivity index (χ1v) is 11.7. The van der Waals surface area contributed by atoms with Crippen molar-refractivity contribution in [3.05, 3.63) is 82.7 Å². The molecular weight excluding hydrogens is 378 g/mol. The summed E-state index contributed by atoms with van der Waals surface area (Å²) in [5.74, 6) is 0.570. The molecule has 0 spiro atoms. The molecule has 0 fully saturated rings. The summed E-state index contributed by atoms with van der Waals surface area (Å²) in [5, 5.41) is 8.34. The highest BCUT2D eigenvalue weighted by Gasteiger charge is 2.24. The van der Waals surface area contributed by atoms with E-state index in [1.807, 2.05) is 28.6 Å². The Labute approximate surface area is 186 Å². The Balaban J connectivity index is 1.87. The number of nitrogens with one attached hydrogen (secondary N) is 1. The molecule has 162 valence electrons. The van der Waals surface area contributed by atoms with Gasteiger partial charge in [0.2, 0.25) is 5.62 Å². The van der Waals surface area contributed by atoms with Gasteiger partial charge in [-0.25, -0.2) is 0 Å². The van der Waals surface area contributed by atoms with Crippen LogP contribution in [0.15, 0.2) is 49.3 Å². The van der Waals surface area contributed by atoms with E-state index in [1.165, 1.54) is 50.9 Å². The van der Waals surface area contributed by atoms with Crippen LogP contribution in [0.4, 0.5) is 0 Å². The molecule has 1 aliphatic rings. The maximum atomic E-state index is 8.34. The molecule has 3 heteroatoms. The van der Waals surface area contributed by atoms with Gasteiger partial charge < -0.3 is 9.13 Å². The molecule has 0 bridgehead atoms. The first-order chi connectivity index (χ1) is 15.0. The maximum absolute atomic E-state index is 8.34. The number of benzene rings is 2. The summed E-state index contributed by atoms with van der Waals surface area (Å²) in [5.41, 5.74) is 11.4. The van der Waals surface area contributed by atoms with Crippen LogP contribution in [0.3, 0.4) is 0 Å². The second-order valence-electron chi connectivity index (χ2n) is 8.89. The highest BCUT2D eigenvalue weighted by molar-refractivity contribution is 5.80. The Morgan fingerprint density at radius 2 is 1.74 bits per heavy atom. The van der Waals surface area contributed by atoms with Crippen LogP contribution in [0.5, 0.6) is 0 Å². The van der Waals surface area contributed by atoms with E-state index in [-0.39, 0.29) is 0 Å². The zero-order valence-corrected chi connectivity index (χ0v) is 19.5. The van der Waals surface area contributed by atoms with Gasteiger partial charge in [-0.1, -0.05) is 45.5 Å². The number of nitrogens with zero attached hydrogens (tertiary/aromatic N) is 2. The van der Waals surface area contributed by atoms with E-state index in [2.05, 4.69) is 57.7 Å². The Morgan fingerprint density at radius 3 is 2.39 bits per heavy atom. The van der Waals surface area contributed by atoms with Gasteiger partial charge in [0.25, 0.3) is 0 Å². The molecule has 1 aliphatic carbocycles. The van der Waals surface area contributed by atoms with E-state index in [0.29, 0.717) is 18.1 Å². The van der Waals surface area contributed by atoms with Crippen LogP contribution in [0.1, 0.15) is 61.4 Å². The van der Waals surface area contributed by atoms with Crippen molar-refractivity contribution in [3.63, 3.8) is 0 Å². The minimum atomic E-state index is 0.519. The maximum Gasteiger partial charge on any atom is 0.202 e. The van der Waals surface area contributed by atoms with E-state index >= 15 is 0 Å². The lowest BCUT2D eigenvalue weighted by Gasteiger charge is -2.29. The fourth-order valence-electron chi connectivity index (χ4n) is 5.12. The number of aryl methyl sites for hydroxylation is 3. The number of hydrogen-bond acceptors (Lipinski definition) is 1. The van der Waals surface area contributed by atoms with Crippen LogP contribution in [0.25, 0.3) is 16.7 Å². The molecule has 2 aromatic carbocycles. The first-order valence-electron chi connectivity index (χ1n) is 11.7.